The second kappa shape index (κ2) is 8.33. The summed E-state index contributed by atoms with van der Waals surface area (Å²) in [5.41, 5.74) is 1.11. The normalized spacial score (nSPS) is 11.4. The van der Waals surface area contributed by atoms with Crippen molar-refractivity contribution in [3.63, 3.8) is 0 Å². The van der Waals surface area contributed by atoms with Gasteiger partial charge in [-0.05, 0) is 36.2 Å². The van der Waals surface area contributed by atoms with Gasteiger partial charge in [-0.3, -0.25) is 9.73 Å². The minimum Gasteiger partial charge on any atom is -0.282 e. The van der Waals surface area contributed by atoms with Crippen LogP contribution in [-0.4, -0.2) is 14.3 Å². The number of anilines is 1. The Balaban J connectivity index is 2.06. The van der Waals surface area contributed by atoms with E-state index in [1.165, 1.54) is 12.1 Å². The third-order valence-electron chi connectivity index (χ3n) is 3.32. The molecule has 10 heteroatoms. The van der Waals surface area contributed by atoms with Crippen LogP contribution in [0.2, 0.25) is 0 Å². The van der Waals surface area contributed by atoms with Crippen molar-refractivity contribution in [2.75, 3.05) is 4.41 Å². The molecule has 0 aliphatic rings. The summed E-state index contributed by atoms with van der Waals surface area (Å²) in [5.74, 6) is 9.91. The summed E-state index contributed by atoms with van der Waals surface area (Å²) in [6.45, 7) is 0. The van der Waals surface area contributed by atoms with Gasteiger partial charge in [-0.25, -0.2) is 10.3 Å². The highest BCUT2D eigenvalue weighted by Gasteiger charge is 2.21. The maximum absolute atomic E-state index is 12.4. The lowest BCUT2D eigenvalue weighted by Crippen LogP contribution is -2.37. The zero-order chi connectivity index (χ0) is 18.3. The van der Waals surface area contributed by atoms with E-state index < -0.39 is 15.9 Å². The maximum Gasteiger partial charge on any atom is 0.277 e. The number of nitrogens with zero attached hydrogens (tertiary/aromatic N) is 3. The van der Waals surface area contributed by atoms with Crippen LogP contribution in [0.1, 0.15) is 12.0 Å². The summed E-state index contributed by atoms with van der Waals surface area (Å²) in [5, 5.41) is 6.14. The minimum absolute atomic E-state index is 0.0969. The molecule has 0 radical (unpaired) electrons. The van der Waals surface area contributed by atoms with Crippen LogP contribution >= 0.6 is 0 Å². The SMILES string of the molecule is NON=NC(=O)CCc1ccc(N(N)S(=O)(=O)c2ccccc2)cc1. The number of benzene rings is 2. The predicted molar refractivity (Wildman–Crippen MR) is 90.2 cm³/mol. The molecule has 1 amide bonds. The van der Waals surface area contributed by atoms with Crippen LogP contribution in [-0.2, 0) is 26.2 Å². The van der Waals surface area contributed by atoms with Crippen molar-refractivity contribution in [2.24, 2.45) is 22.1 Å². The van der Waals surface area contributed by atoms with Crippen LogP contribution in [0.4, 0.5) is 5.69 Å². The average Bonchev–Trinajstić information content (AvgIpc) is 2.65. The standard InChI is InChI=1S/C15H17N5O4S/c16-20(25(22,23)14-4-2-1-3-5-14)13-9-6-12(7-10-13)8-11-15(21)18-19-24-17/h1-7,9-10H,8,11,16-17H2. The number of amides is 1. The smallest absolute Gasteiger partial charge is 0.277 e. The van der Waals surface area contributed by atoms with Gasteiger partial charge >= 0.3 is 0 Å². The third-order valence-corrected chi connectivity index (χ3v) is 4.91. The third kappa shape index (κ3) is 4.83. The number of sulfonamides is 1. The fourth-order valence-electron chi connectivity index (χ4n) is 2.02. The number of nitrogens with two attached hydrogens (primary N) is 2. The van der Waals surface area contributed by atoms with Crippen LogP contribution in [0.3, 0.4) is 0 Å². The minimum atomic E-state index is -3.84. The number of rotatable bonds is 7. The summed E-state index contributed by atoms with van der Waals surface area (Å²) in [6, 6.07) is 14.4. The van der Waals surface area contributed by atoms with Crippen LogP contribution < -0.4 is 16.2 Å². The van der Waals surface area contributed by atoms with Crippen molar-refractivity contribution in [1.82, 2.24) is 0 Å². The number of carbonyl (C=O) groups excluding carboxylic acids is 1. The molecule has 2 aromatic carbocycles. The Kier molecular flexibility index (Phi) is 6.17. The van der Waals surface area contributed by atoms with E-state index in [0.717, 1.165) is 5.56 Å². The van der Waals surface area contributed by atoms with Crippen LogP contribution in [0.5, 0.6) is 0 Å². The zero-order valence-corrected chi connectivity index (χ0v) is 14.0. The molecule has 0 saturated carbocycles. The van der Waals surface area contributed by atoms with Gasteiger partial charge in [-0.1, -0.05) is 35.4 Å². The van der Waals surface area contributed by atoms with Gasteiger partial charge in [0.25, 0.3) is 15.9 Å². The molecular weight excluding hydrogens is 346 g/mol. The molecule has 0 aromatic heterocycles. The largest absolute Gasteiger partial charge is 0.282 e. The molecule has 0 unspecified atom stereocenters. The molecule has 0 spiro atoms. The van der Waals surface area contributed by atoms with Gasteiger partial charge in [0.15, 0.2) is 0 Å². The fourth-order valence-corrected chi connectivity index (χ4v) is 3.15. The molecule has 132 valence electrons. The summed E-state index contributed by atoms with van der Waals surface area (Å²) in [7, 11) is -3.84. The number of hydrazine groups is 1. The van der Waals surface area contributed by atoms with Gasteiger partial charge in [0.05, 0.1) is 15.9 Å². The quantitative estimate of drug-likeness (QED) is 0.433. The van der Waals surface area contributed by atoms with Gasteiger partial charge < -0.3 is 0 Å². The topological polar surface area (TPSA) is 140 Å². The second-order valence-corrected chi connectivity index (χ2v) is 6.78. The van der Waals surface area contributed by atoms with Crippen LogP contribution in [0.25, 0.3) is 0 Å². The van der Waals surface area contributed by atoms with Crippen LogP contribution in [0.15, 0.2) is 69.9 Å². The van der Waals surface area contributed by atoms with E-state index in [-0.39, 0.29) is 11.3 Å². The van der Waals surface area contributed by atoms with Gasteiger partial charge in [-0.2, -0.15) is 8.42 Å². The molecule has 0 atom stereocenters. The number of carbonyl (C=O) groups is 1. The highest BCUT2D eigenvalue weighted by Crippen LogP contribution is 2.21. The lowest BCUT2D eigenvalue weighted by atomic mass is 10.1. The molecule has 4 N–H and O–H groups in total. The van der Waals surface area contributed by atoms with Gasteiger partial charge in [0.2, 0.25) is 0 Å². The van der Waals surface area contributed by atoms with E-state index in [4.69, 9.17) is 5.84 Å². The van der Waals surface area contributed by atoms with E-state index in [1.54, 1.807) is 42.5 Å². The first-order chi connectivity index (χ1) is 11.9. The Morgan fingerprint density at radius 1 is 1.08 bits per heavy atom. The molecular formula is C15H17N5O4S. The van der Waals surface area contributed by atoms with E-state index in [0.29, 0.717) is 16.5 Å². The van der Waals surface area contributed by atoms with Crippen molar-refractivity contribution in [3.05, 3.63) is 60.2 Å². The van der Waals surface area contributed by atoms with Crippen molar-refractivity contribution in [1.29, 1.82) is 0 Å². The molecule has 2 aromatic rings. The number of hydrogen-bond acceptors (Lipinski definition) is 7. The second-order valence-electron chi connectivity index (χ2n) is 4.96. The highest BCUT2D eigenvalue weighted by molar-refractivity contribution is 7.92. The lowest BCUT2D eigenvalue weighted by Gasteiger charge is -2.19. The molecule has 25 heavy (non-hydrogen) atoms. The van der Waals surface area contributed by atoms with Gasteiger partial charge in [0.1, 0.15) is 0 Å². The molecule has 0 bridgehead atoms. The Morgan fingerprint density at radius 2 is 1.72 bits per heavy atom. The van der Waals surface area contributed by atoms with Crippen molar-refractivity contribution in [3.8, 4) is 0 Å². The van der Waals surface area contributed by atoms with Crippen LogP contribution in [0, 0.1) is 0 Å². The Hall–Kier alpha value is -2.82. The molecule has 9 nitrogen and oxygen atoms in total. The number of aryl methyl sites for hydroxylation is 1. The molecule has 0 aliphatic heterocycles. The Morgan fingerprint density at radius 3 is 2.32 bits per heavy atom. The molecule has 0 fully saturated rings. The summed E-state index contributed by atoms with van der Waals surface area (Å²) in [6.07, 6.45) is 0.513. The first-order valence-electron chi connectivity index (χ1n) is 7.19. The molecule has 0 heterocycles. The maximum atomic E-state index is 12.4. The van der Waals surface area contributed by atoms with Crippen molar-refractivity contribution in [2.45, 2.75) is 17.7 Å². The number of hydrogen-bond donors (Lipinski definition) is 2. The van der Waals surface area contributed by atoms with E-state index in [2.05, 4.69) is 21.2 Å². The van der Waals surface area contributed by atoms with E-state index in [9.17, 15) is 13.2 Å². The summed E-state index contributed by atoms with van der Waals surface area (Å²) < 4.78 is 25.6. The average molecular weight is 363 g/mol. The Labute approximate surface area is 144 Å². The fraction of sp³-hybridized carbons (Fsp3) is 0.133. The first kappa shape index (κ1) is 18.5. The molecule has 2 rings (SSSR count). The monoisotopic (exact) mass is 363 g/mol. The van der Waals surface area contributed by atoms with Gasteiger partial charge in [0, 0.05) is 6.42 Å². The summed E-state index contributed by atoms with van der Waals surface area (Å²) in [4.78, 5) is 15.3. The lowest BCUT2D eigenvalue weighted by molar-refractivity contribution is -0.119. The first-order valence-corrected chi connectivity index (χ1v) is 8.63. The summed E-state index contributed by atoms with van der Waals surface area (Å²) >= 11 is 0. The van der Waals surface area contributed by atoms with Crippen molar-refractivity contribution >= 4 is 21.6 Å². The van der Waals surface area contributed by atoms with Gasteiger partial charge in [-0.15, -0.1) is 5.90 Å². The Bertz CT molecular complexity index is 838. The van der Waals surface area contributed by atoms with E-state index >= 15 is 0 Å². The highest BCUT2D eigenvalue weighted by atomic mass is 32.2. The van der Waals surface area contributed by atoms with Crippen molar-refractivity contribution < 1.29 is 18.2 Å². The van der Waals surface area contributed by atoms with E-state index in [1.807, 2.05) is 0 Å². The molecule has 0 saturated heterocycles. The zero-order valence-electron chi connectivity index (χ0n) is 13.1. The molecule has 0 aliphatic carbocycles. The predicted octanol–water partition coefficient (Wildman–Crippen LogP) is 1.47.